The zero-order chi connectivity index (χ0) is 15.4. The Kier molecular flexibility index (Phi) is 2.45. The molecule has 0 saturated heterocycles. The second-order valence-corrected chi connectivity index (χ2v) is 6.10. The number of aryl methyl sites for hydroxylation is 1. The summed E-state index contributed by atoms with van der Waals surface area (Å²) < 4.78 is 0. The average molecular weight is 296 g/mol. The molecule has 2 heterocycles. The van der Waals surface area contributed by atoms with Crippen molar-refractivity contribution in [1.29, 1.82) is 0 Å². The molecular formula is C21H16N2. The minimum Gasteiger partial charge on any atom is -0.361 e. The van der Waals surface area contributed by atoms with Crippen LogP contribution in [0.4, 0.5) is 0 Å². The van der Waals surface area contributed by atoms with E-state index in [0.29, 0.717) is 0 Å². The molecule has 0 radical (unpaired) electrons. The summed E-state index contributed by atoms with van der Waals surface area (Å²) in [6.07, 6.45) is 2.12. The summed E-state index contributed by atoms with van der Waals surface area (Å²) in [6, 6.07) is 21.4. The highest BCUT2D eigenvalue weighted by Crippen LogP contribution is 2.38. The van der Waals surface area contributed by atoms with Crippen LogP contribution in [0.1, 0.15) is 5.56 Å². The van der Waals surface area contributed by atoms with Gasteiger partial charge >= 0.3 is 0 Å². The van der Waals surface area contributed by atoms with Crippen molar-refractivity contribution >= 4 is 32.7 Å². The van der Waals surface area contributed by atoms with Crippen molar-refractivity contribution < 1.29 is 0 Å². The monoisotopic (exact) mass is 296 g/mol. The van der Waals surface area contributed by atoms with Gasteiger partial charge < -0.3 is 9.97 Å². The molecule has 0 atom stereocenters. The van der Waals surface area contributed by atoms with Gasteiger partial charge in [-0.2, -0.15) is 0 Å². The van der Waals surface area contributed by atoms with E-state index < -0.39 is 0 Å². The molecule has 0 aliphatic rings. The molecule has 0 bridgehead atoms. The molecule has 0 amide bonds. The largest absolute Gasteiger partial charge is 0.361 e. The highest BCUT2D eigenvalue weighted by atomic mass is 14.7. The molecule has 3 aromatic carbocycles. The van der Waals surface area contributed by atoms with Gasteiger partial charge in [-0.1, -0.05) is 48.5 Å². The first-order chi connectivity index (χ1) is 11.3. The molecule has 0 unspecified atom stereocenters. The van der Waals surface area contributed by atoms with Gasteiger partial charge in [-0.3, -0.25) is 0 Å². The average Bonchev–Trinajstić information content (AvgIpc) is 3.16. The van der Waals surface area contributed by atoms with Crippen LogP contribution in [0, 0.1) is 6.92 Å². The molecule has 0 aliphatic heterocycles. The van der Waals surface area contributed by atoms with Crippen LogP contribution in [0.15, 0.2) is 66.9 Å². The summed E-state index contributed by atoms with van der Waals surface area (Å²) in [5, 5.41) is 3.83. The molecular weight excluding hydrogens is 280 g/mol. The summed E-state index contributed by atoms with van der Waals surface area (Å²) in [4.78, 5) is 7.02. The number of H-pyrrole nitrogens is 2. The first-order valence-corrected chi connectivity index (χ1v) is 7.89. The minimum absolute atomic E-state index is 1.18. The van der Waals surface area contributed by atoms with Gasteiger partial charge in [-0.15, -0.1) is 0 Å². The van der Waals surface area contributed by atoms with E-state index in [2.05, 4.69) is 83.8 Å². The van der Waals surface area contributed by atoms with Gasteiger partial charge in [0, 0.05) is 44.5 Å². The zero-order valence-electron chi connectivity index (χ0n) is 12.9. The number of para-hydroxylation sites is 2. The van der Waals surface area contributed by atoms with E-state index >= 15 is 0 Å². The summed E-state index contributed by atoms with van der Waals surface area (Å²) in [5.74, 6) is 0. The fourth-order valence-corrected chi connectivity index (χ4v) is 3.65. The maximum Gasteiger partial charge on any atom is 0.0548 e. The Morgan fingerprint density at radius 1 is 0.696 bits per heavy atom. The Labute approximate surface area is 133 Å². The predicted molar refractivity (Wildman–Crippen MR) is 97.8 cm³/mol. The lowest BCUT2D eigenvalue weighted by Crippen LogP contribution is -1.84. The molecule has 0 spiro atoms. The third-order valence-corrected chi connectivity index (χ3v) is 4.75. The summed E-state index contributed by atoms with van der Waals surface area (Å²) >= 11 is 0. The molecule has 0 aliphatic carbocycles. The van der Waals surface area contributed by atoms with Crippen molar-refractivity contribution in [2.24, 2.45) is 0 Å². The number of fused-ring (bicyclic) bond motifs is 4. The van der Waals surface area contributed by atoms with E-state index in [4.69, 9.17) is 0 Å². The molecule has 2 nitrogen and oxygen atoms in total. The van der Waals surface area contributed by atoms with Crippen LogP contribution >= 0.6 is 0 Å². The highest BCUT2D eigenvalue weighted by molar-refractivity contribution is 6.14. The fourth-order valence-electron chi connectivity index (χ4n) is 3.65. The Morgan fingerprint density at radius 3 is 2.30 bits per heavy atom. The Hall–Kier alpha value is -3.00. The van der Waals surface area contributed by atoms with Gasteiger partial charge in [0.1, 0.15) is 0 Å². The van der Waals surface area contributed by atoms with Crippen LogP contribution in [0.25, 0.3) is 43.8 Å². The molecule has 0 saturated carbocycles. The molecule has 23 heavy (non-hydrogen) atoms. The second-order valence-electron chi connectivity index (χ2n) is 6.10. The number of rotatable bonds is 1. The Balaban J connectivity index is 1.96. The van der Waals surface area contributed by atoms with Crippen molar-refractivity contribution in [2.75, 3.05) is 0 Å². The summed E-state index contributed by atoms with van der Waals surface area (Å²) in [6.45, 7) is 2.18. The van der Waals surface area contributed by atoms with Gasteiger partial charge in [0.2, 0.25) is 0 Å². The second kappa shape index (κ2) is 4.50. The van der Waals surface area contributed by atoms with Crippen molar-refractivity contribution in [2.45, 2.75) is 6.92 Å². The summed E-state index contributed by atoms with van der Waals surface area (Å²) in [5.41, 5.74) is 7.42. The molecule has 5 aromatic rings. The van der Waals surface area contributed by atoms with Gasteiger partial charge in [-0.05, 0) is 24.6 Å². The van der Waals surface area contributed by atoms with Crippen molar-refractivity contribution in [3.8, 4) is 11.1 Å². The van der Waals surface area contributed by atoms with E-state index in [1.165, 1.54) is 49.4 Å². The number of nitrogens with one attached hydrogen (secondary N) is 2. The van der Waals surface area contributed by atoms with Gasteiger partial charge in [0.05, 0.1) is 5.52 Å². The summed E-state index contributed by atoms with van der Waals surface area (Å²) in [7, 11) is 0. The molecule has 110 valence electrons. The third-order valence-electron chi connectivity index (χ3n) is 4.75. The van der Waals surface area contributed by atoms with Crippen molar-refractivity contribution in [3.63, 3.8) is 0 Å². The van der Waals surface area contributed by atoms with E-state index in [0.717, 1.165) is 0 Å². The first kappa shape index (κ1) is 12.5. The lowest BCUT2D eigenvalue weighted by atomic mass is 9.97. The number of aromatic nitrogens is 2. The van der Waals surface area contributed by atoms with Crippen LogP contribution < -0.4 is 0 Å². The van der Waals surface area contributed by atoms with Crippen molar-refractivity contribution in [1.82, 2.24) is 9.97 Å². The van der Waals surface area contributed by atoms with Gasteiger partial charge in [0.15, 0.2) is 0 Å². The van der Waals surface area contributed by atoms with E-state index in [1.54, 1.807) is 0 Å². The highest BCUT2D eigenvalue weighted by Gasteiger charge is 2.14. The zero-order valence-corrected chi connectivity index (χ0v) is 12.9. The smallest absolute Gasteiger partial charge is 0.0548 e. The maximum absolute atomic E-state index is 3.63. The van der Waals surface area contributed by atoms with Crippen LogP contribution in [-0.2, 0) is 0 Å². The first-order valence-electron chi connectivity index (χ1n) is 7.89. The van der Waals surface area contributed by atoms with Gasteiger partial charge in [0.25, 0.3) is 0 Å². The molecule has 2 aromatic heterocycles. The molecule has 5 rings (SSSR count). The number of hydrogen-bond acceptors (Lipinski definition) is 0. The Bertz CT molecular complexity index is 1170. The predicted octanol–water partition coefficient (Wildman–Crippen LogP) is 5.78. The van der Waals surface area contributed by atoms with Gasteiger partial charge in [-0.25, -0.2) is 0 Å². The lowest BCUT2D eigenvalue weighted by molar-refractivity contribution is 1.44. The normalized spacial score (nSPS) is 11.7. The van der Waals surface area contributed by atoms with Crippen LogP contribution in [0.2, 0.25) is 0 Å². The lowest BCUT2D eigenvalue weighted by Gasteiger charge is -2.07. The molecule has 0 fully saturated rings. The quantitative estimate of drug-likeness (QED) is 0.393. The van der Waals surface area contributed by atoms with Crippen LogP contribution in [0.5, 0.6) is 0 Å². The maximum atomic E-state index is 3.63. The standard InChI is InChI=1S/C21H16N2/c1-13-10-11-16-14-6-3-5-9-19(14)23-21(16)20(13)17-12-22-18-8-4-2-7-15(17)18/h2-12,22-23H,1H3. The van der Waals surface area contributed by atoms with Crippen LogP contribution in [-0.4, -0.2) is 9.97 Å². The van der Waals surface area contributed by atoms with E-state index in [9.17, 15) is 0 Å². The SMILES string of the molecule is Cc1ccc2c([nH]c3ccccc32)c1-c1c[nH]c2ccccc12. The number of hydrogen-bond donors (Lipinski definition) is 2. The number of benzene rings is 3. The molecule has 2 N–H and O–H groups in total. The Morgan fingerprint density at radius 2 is 1.43 bits per heavy atom. The topological polar surface area (TPSA) is 31.6 Å². The van der Waals surface area contributed by atoms with E-state index in [1.807, 2.05) is 0 Å². The fraction of sp³-hybridized carbons (Fsp3) is 0.0476. The minimum atomic E-state index is 1.18. The number of aromatic amines is 2. The van der Waals surface area contributed by atoms with Crippen LogP contribution in [0.3, 0.4) is 0 Å². The third kappa shape index (κ3) is 1.69. The molecule has 2 heteroatoms. The van der Waals surface area contributed by atoms with Crippen molar-refractivity contribution in [3.05, 3.63) is 72.4 Å². The van der Waals surface area contributed by atoms with E-state index in [-0.39, 0.29) is 0 Å².